The standard InChI is InChI=1S/C28H42N4O4/c33-26(34)18-25-28(36)32(16-12-20-5-2-1-3-6-20)19-23-9-8-22(17-24(23)31-25)27(35)30-13-4-7-21-10-14-29-15-11-21/h8-9,17,20-21,25,29,31H,1-7,10-16,18-19H2,(H,30,35)(H,33,34). The number of carboxylic acid groups (broad SMARTS) is 1. The summed E-state index contributed by atoms with van der Waals surface area (Å²) < 4.78 is 0. The van der Waals surface area contributed by atoms with Crippen LogP contribution in [0.25, 0.3) is 0 Å². The molecule has 4 N–H and O–H groups in total. The number of piperidine rings is 1. The Labute approximate surface area is 214 Å². The van der Waals surface area contributed by atoms with Crippen LogP contribution in [0.4, 0.5) is 5.69 Å². The lowest BCUT2D eigenvalue weighted by molar-refractivity contribution is -0.141. The molecular weight excluding hydrogens is 456 g/mol. The van der Waals surface area contributed by atoms with E-state index < -0.39 is 12.0 Å². The molecule has 2 fully saturated rings. The van der Waals surface area contributed by atoms with Crippen molar-refractivity contribution < 1.29 is 19.5 Å². The molecule has 8 nitrogen and oxygen atoms in total. The van der Waals surface area contributed by atoms with Crippen LogP contribution >= 0.6 is 0 Å². The number of aliphatic carboxylic acids is 1. The highest BCUT2D eigenvalue weighted by Gasteiger charge is 2.31. The van der Waals surface area contributed by atoms with Gasteiger partial charge >= 0.3 is 5.97 Å². The van der Waals surface area contributed by atoms with Gasteiger partial charge in [0.1, 0.15) is 6.04 Å². The van der Waals surface area contributed by atoms with Crippen molar-refractivity contribution in [2.45, 2.75) is 83.2 Å². The fraction of sp³-hybridized carbons (Fsp3) is 0.679. The van der Waals surface area contributed by atoms with Crippen LogP contribution in [0.5, 0.6) is 0 Å². The topological polar surface area (TPSA) is 111 Å². The Kier molecular flexibility index (Phi) is 9.61. The highest BCUT2D eigenvalue weighted by molar-refractivity contribution is 5.96. The average molecular weight is 499 g/mol. The van der Waals surface area contributed by atoms with Gasteiger partial charge in [-0.05, 0) is 74.7 Å². The molecule has 0 aromatic heterocycles. The maximum absolute atomic E-state index is 13.3. The lowest BCUT2D eigenvalue weighted by Gasteiger charge is -2.27. The SMILES string of the molecule is O=C(O)CC1Nc2cc(C(=O)NCCCC3CCNCC3)ccc2CN(CCC2CCCCC2)C1=O. The first kappa shape index (κ1) is 26.5. The zero-order valence-corrected chi connectivity index (χ0v) is 21.4. The van der Waals surface area contributed by atoms with Crippen molar-refractivity contribution in [3.63, 3.8) is 0 Å². The fourth-order valence-corrected chi connectivity index (χ4v) is 5.92. The lowest BCUT2D eigenvalue weighted by atomic mass is 9.87. The number of rotatable bonds is 10. The predicted molar refractivity (Wildman–Crippen MR) is 140 cm³/mol. The first-order chi connectivity index (χ1) is 17.5. The number of hydrogen-bond donors (Lipinski definition) is 4. The van der Waals surface area contributed by atoms with Crippen LogP contribution in [0.2, 0.25) is 0 Å². The monoisotopic (exact) mass is 498 g/mol. The normalized spacial score (nSPS) is 21.4. The summed E-state index contributed by atoms with van der Waals surface area (Å²) in [6, 6.07) is 4.64. The van der Waals surface area contributed by atoms with E-state index in [1.54, 1.807) is 6.07 Å². The molecule has 1 saturated heterocycles. The molecule has 1 aliphatic carbocycles. The second-order valence-electron chi connectivity index (χ2n) is 10.8. The van der Waals surface area contributed by atoms with Gasteiger partial charge in [0.25, 0.3) is 5.91 Å². The summed E-state index contributed by atoms with van der Waals surface area (Å²) in [5.74, 6) is 0.0579. The van der Waals surface area contributed by atoms with E-state index in [2.05, 4.69) is 16.0 Å². The Morgan fingerprint density at radius 1 is 1.03 bits per heavy atom. The van der Waals surface area contributed by atoms with Crippen molar-refractivity contribution >= 4 is 23.5 Å². The van der Waals surface area contributed by atoms with Gasteiger partial charge in [0.05, 0.1) is 6.42 Å². The minimum absolute atomic E-state index is 0.135. The van der Waals surface area contributed by atoms with Gasteiger partial charge in [-0.15, -0.1) is 0 Å². The summed E-state index contributed by atoms with van der Waals surface area (Å²) in [4.78, 5) is 39.4. The van der Waals surface area contributed by atoms with E-state index in [0.29, 0.717) is 36.8 Å². The van der Waals surface area contributed by atoms with Crippen LogP contribution in [0.1, 0.15) is 86.6 Å². The Hall–Kier alpha value is -2.61. The molecule has 1 aromatic rings. The third-order valence-electron chi connectivity index (χ3n) is 8.12. The minimum atomic E-state index is -1.01. The summed E-state index contributed by atoms with van der Waals surface area (Å²) in [5.41, 5.74) is 2.12. The Morgan fingerprint density at radius 2 is 1.78 bits per heavy atom. The van der Waals surface area contributed by atoms with Crippen molar-refractivity contribution in [3.8, 4) is 0 Å². The molecule has 36 heavy (non-hydrogen) atoms. The average Bonchev–Trinajstić information content (AvgIpc) is 3.02. The summed E-state index contributed by atoms with van der Waals surface area (Å²) in [6.45, 7) is 3.88. The van der Waals surface area contributed by atoms with E-state index in [1.165, 1.54) is 44.9 Å². The molecule has 0 spiro atoms. The highest BCUT2D eigenvalue weighted by Crippen LogP contribution is 2.29. The van der Waals surface area contributed by atoms with E-state index in [0.717, 1.165) is 43.8 Å². The molecule has 2 heterocycles. The number of amides is 2. The zero-order valence-electron chi connectivity index (χ0n) is 21.4. The number of carbonyl (C=O) groups is 3. The molecule has 1 unspecified atom stereocenters. The van der Waals surface area contributed by atoms with Crippen LogP contribution in [-0.2, 0) is 16.1 Å². The predicted octanol–water partition coefficient (Wildman–Crippen LogP) is 3.76. The molecule has 1 aromatic carbocycles. The van der Waals surface area contributed by atoms with Gasteiger partial charge in [-0.1, -0.05) is 38.2 Å². The van der Waals surface area contributed by atoms with E-state index in [-0.39, 0.29) is 18.2 Å². The third kappa shape index (κ3) is 7.45. The van der Waals surface area contributed by atoms with Crippen LogP contribution < -0.4 is 16.0 Å². The molecule has 1 atom stereocenters. The summed E-state index contributed by atoms with van der Waals surface area (Å²) in [6.07, 6.45) is 11.4. The maximum atomic E-state index is 13.3. The van der Waals surface area contributed by atoms with Crippen molar-refractivity contribution in [1.29, 1.82) is 0 Å². The Morgan fingerprint density at radius 3 is 2.53 bits per heavy atom. The second kappa shape index (κ2) is 13.1. The van der Waals surface area contributed by atoms with Crippen LogP contribution in [0.3, 0.4) is 0 Å². The number of nitrogens with zero attached hydrogens (tertiary/aromatic N) is 1. The lowest BCUT2D eigenvalue weighted by Crippen LogP contribution is -2.42. The summed E-state index contributed by atoms with van der Waals surface area (Å²) in [7, 11) is 0. The molecule has 2 amide bonds. The van der Waals surface area contributed by atoms with Crippen molar-refractivity contribution in [2.75, 3.05) is 31.5 Å². The zero-order chi connectivity index (χ0) is 25.3. The van der Waals surface area contributed by atoms with E-state index in [4.69, 9.17) is 0 Å². The minimum Gasteiger partial charge on any atom is -0.481 e. The second-order valence-corrected chi connectivity index (χ2v) is 10.8. The quantitative estimate of drug-likeness (QED) is 0.366. The van der Waals surface area contributed by atoms with Crippen LogP contribution in [0, 0.1) is 11.8 Å². The van der Waals surface area contributed by atoms with E-state index >= 15 is 0 Å². The summed E-state index contributed by atoms with van der Waals surface area (Å²) >= 11 is 0. The molecule has 0 radical (unpaired) electrons. The van der Waals surface area contributed by atoms with Gasteiger partial charge < -0.3 is 26.0 Å². The molecule has 3 aliphatic rings. The number of fused-ring (bicyclic) bond motifs is 1. The number of benzene rings is 1. The molecule has 4 rings (SSSR count). The van der Waals surface area contributed by atoms with Crippen molar-refractivity contribution in [1.82, 2.24) is 15.5 Å². The van der Waals surface area contributed by atoms with Crippen molar-refractivity contribution in [3.05, 3.63) is 29.3 Å². The van der Waals surface area contributed by atoms with Gasteiger partial charge in [0, 0.05) is 30.9 Å². The van der Waals surface area contributed by atoms with E-state index in [9.17, 15) is 19.5 Å². The molecule has 198 valence electrons. The first-order valence-corrected chi connectivity index (χ1v) is 13.9. The van der Waals surface area contributed by atoms with Crippen molar-refractivity contribution in [2.24, 2.45) is 11.8 Å². The number of anilines is 1. The van der Waals surface area contributed by atoms with Gasteiger partial charge in [-0.3, -0.25) is 14.4 Å². The number of carbonyl (C=O) groups excluding carboxylic acids is 2. The molecule has 1 saturated carbocycles. The number of hydrogen-bond acceptors (Lipinski definition) is 5. The fourth-order valence-electron chi connectivity index (χ4n) is 5.92. The van der Waals surface area contributed by atoms with Gasteiger partial charge in [-0.2, -0.15) is 0 Å². The summed E-state index contributed by atoms with van der Waals surface area (Å²) in [5, 5.41) is 19.0. The van der Waals surface area contributed by atoms with Crippen LogP contribution in [0.15, 0.2) is 18.2 Å². The first-order valence-electron chi connectivity index (χ1n) is 13.9. The van der Waals surface area contributed by atoms with E-state index in [1.807, 2.05) is 17.0 Å². The Balaban J connectivity index is 1.38. The Bertz CT molecular complexity index is 909. The smallest absolute Gasteiger partial charge is 0.305 e. The van der Waals surface area contributed by atoms with Gasteiger partial charge in [0.2, 0.25) is 5.91 Å². The van der Waals surface area contributed by atoms with Crippen LogP contribution in [-0.4, -0.2) is 60.0 Å². The van der Waals surface area contributed by atoms with Gasteiger partial charge in [-0.25, -0.2) is 0 Å². The highest BCUT2D eigenvalue weighted by atomic mass is 16.4. The maximum Gasteiger partial charge on any atom is 0.305 e. The van der Waals surface area contributed by atoms with Gasteiger partial charge in [0.15, 0.2) is 0 Å². The number of carboxylic acids is 1. The molecule has 0 bridgehead atoms. The largest absolute Gasteiger partial charge is 0.481 e. The molecular formula is C28H42N4O4. The molecule has 2 aliphatic heterocycles. The molecule has 8 heteroatoms. The third-order valence-corrected chi connectivity index (χ3v) is 8.12. The number of nitrogens with one attached hydrogen (secondary N) is 3.